The van der Waals surface area contributed by atoms with E-state index in [1.807, 2.05) is 12.4 Å². The average molecular weight is 453 g/mol. The van der Waals surface area contributed by atoms with Crippen LogP contribution in [0, 0.1) is 5.92 Å². The Balaban J connectivity index is 0.00000245. The molecule has 5 rings (SSSR count). The number of nitrogens with zero attached hydrogens (tertiary/aromatic N) is 2. The molecule has 2 aliphatic rings. The van der Waals surface area contributed by atoms with Gasteiger partial charge < -0.3 is 9.64 Å². The molecule has 0 unspecified atom stereocenters. The van der Waals surface area contributed by atoms with Crippen molar-refractivity contribution in [1.82, 2.24) is 9.47 Å². The molecule has 0 bridgehead atoms. The number of fused-ring (bicyclic) bond motifs is 1. The number of aromatic nitrogens is 1. The minimum atomic E-state index is 0. The van der Waals surface area contributed by atoms with Crippen LogP contribution in [-0.4, -0.2) is 47.7 Å². The van der Waals surface area contributed by atoms with Crippen LogP contribution in [0.25, 0.3) is 21.9 Å². The summed E-state index contributed by atoms with van der Waals surface area (Å²) >= 11 is 0. The van der Waals surface area contributed by atoms with Crippen molar-refractivity contribution < 1.29 is 9.53 Å². The van der Waals surface area contributed by atoms with Crippen molar-refractivity contribution >= 4 is 29.1 Å². The number of hydrogen-bond donors (Lipinski definition) is 0. The molecule has 0 saturated carbocycles. The lowest BCUT2D eigenvalue weighted by Gasteiger charge is -2.20. The number of rotatable bonds is 5. The third kappa shape index (κ3) is 4.93. The van der Waals surface area contributed by atoms with Gasteiger partial charge in [0.25, 0.3) is 0 Å². The maximum atomic E-state index is 12.8. The summed E-state index contributed by atoms with van der Waals surface area (Å²) in [6.07, 6.45) is 9.39. The Labute approximate surface area is 197 Å². The summed E-state index contributed by atoms with van der Waals surface area (Å²) in [6, 6.07) is 16.2. The van der Waals surface area contributed by atoms with Gasteiger partial charge in [-0.05, 0) is 73.7 Å². The highest BCUT2D eigenvalue weighted by Crippen LogP contribution is 2.27. The molecule has 1 atom stereocenters. The van der Waals surface area contributed by atoms with Crippen molar-refractivity contribution in [3.05, 3.63) is 60.4 Å². The number of ether oxygens (including phenoxy) is 1. The van der Waals surface area contributed by atoms with E-state index in [9.17, 15) is 4.79 Å². The van der Waals surface area contributed by atoms with Crippen LogP contribution in [0.2, 0.25) is 0 Å². The molecule has 170 valence electrons. The molecule has 0 amide bonds. The second-order valence-electron chi connectivity index (χ2n) is 9.21. The lowest BCUT2D eigenvalue weighted by Crippen LogP contribution is -2.28. The standard InChI is InChI=1S/C27H32N2O2.ClH/c1-20-3-2-13-28(20)14-10-21-4-6-22(7-5-21)24-8-9-25-18-29(19-26(25)17-24)27(30)23-11-15-31-16-12-23;/h4-9,17-20,23H,2-3,10-16H2,1H3;1H/t20-;/m1./s1. The van der Waals surface area contributed by atoms with E-state index in [-0.39, 0.29) is 24.2 Å². The van der Waals surface area contributed by atoms with Crippen LogP contribution in [0.3, 0.4) is 0 Å². The third-order valence-electron chi connectivity index (χ3n) is 7.13. The molecule has 0 aliphatic carbocycles. The molecule has 2 aromatic carbocycles. The molecule has 0 N–H and O–H groups in total. The van der Waals surface area contributed by atoms with E-state index in [1.54, 1.807) is 4.57 Å². The van der Waals surface area contributed by atoms with Crippen molar-refractivity contribution in [1.29, 1.82) is 0 Å². The van der Waals surface area contributed by atoms with E-state index in [0.717, 1.165) is 42.6 Å². The number of halogens is 1. The van der Waals surface area contributed by atoms with Crippen LogP contribution in [0.1, 0.15) is 43.0 Å². The fraction of sp³-hybridized carbons (Fsp3) is 0.444. The molecule has 2 aliphatic heterocycles. The van der Waals surface area contributed by atoms with Gasteiger partial charge in [-0.25, -0.2) is 0 Å². The summed E-state index contributed by atoms with van der Waals surface area (Å²) in [5, 5.41) is 2.23. The van der Waals surface area contributed by atoms with Crippen molar-refractivity contribution in [2.45, 2.75) is 45.1 Å². The molecule has 0 radical (unpaired) electrons. The molecular weight excluding hydrogens is 420 g/mol. The maximum Gasteiger partial charge on any atom is 0.233 e. The van der Waals surface area contributed by atoms with Gasteiger partial charge in [0.05, 0.1) is 0 Å². The van der Waals surface area contributed by atoms with E-state index in [4.69, 9.17) is 4.74 Å². The van der Waals surface area contributed by atoms with E-state index in [0.29, 0.717) is 13.2 Å². The lowest BCUT2D eigenvalue weighted by atomic mass is 9.99. The Hall–Kier alpha value is -2.14. The van der Waals surface area contributed by atoms with Gasteiger partial charge in [0.2, 0.25) is 5.91 Å². The zero-order valence-corrected chi connectivity index (χ0v) is 19.7. The highest BCUT2D eigenvalue weighted by atomic mass is 35.5. The largest absolute Gasteiger partial charge is 0.381 e. The van der Waals surface area contributed by atoms with Gasteiger partial charge in [0.15, 0.2) is 0 Å². The Morgan fingerprint density at radius 3 is 2.41 bits per heavy atom. The quantitative estimate of drug-likeness (QED) is 0.489. The highest BCUT2D eigenvalue weighted by molar-refractivity contribution is 5.92. The smallest absolute Gasteiger partial charge is 0.233 e. The number of carbonyl (C=O) groups excluding carboxylic acids is 1. The summed E-state index contributed by atoms with van der Waals surface area (Å²) < 4.78 is 7.18. The van der Waals surface area contributed by atoms with E-state index in [1.165, 1.54) is 36.1 Å². The second-order valence-corrected chi connectivity index (χ2v) is 9.21. The van der Waals surface area contributed by atoms with Crippen LogP contribution in [0.5, 0.6) is 0 Å². The van der Waals surface area contributed by atoms with Gasteiger partial charge in [-0.2, -0.15) is 0 Å². The molecule has 3 aromatic rings. The predicted octanol–water partition coefficient (Wildman–Crippen LogP) is 5.82. The number of benzene rings is 2. The molecule has 0 spiro atoms. The molecule has 2 saturated heterocycles. The van der Waals surface area contributed by atoms with Gasteiger partial charge in [0, 0.05) is 49.5 Å². The van der Waals surface area contributed by atoms with Crippen molar-refractivity contribution in [3.63, 3.8) is 0 Å². The van der Waals surface area contributed by atoms with Gasteiger partial charge in [-0.3, -0.25) is 9.36 Å². The monoisotopic (exact) mass is 452 g/mol. The maximum absolute atomic E-state index is 12.8. The normalized spacial score (nSPS) is 19.8. The zero-order valence-electron chi connectivity index (χ0n) is 18.8. The highest BCUT2D eigenvalue weighted by Gasteiger charge is 2.23. The van der Waals surface area contributed by atoms with Crippen LogP contribution >= 0.6 is 12.4 Å². The fourth-order valence-corrected chi connectivity index (χ4v) is 5.06. The topological polar surface area (TPSA) is 34.5 Å². The van der Waals surface area contributed by atoms with E-state index < -0.39 is 0 Å². The van der Waals surface area contributed by atoms with Crippen LogP contribution in [0.4, 0.5) is 0 Å². The minimum Gasteiger partial charge on any atom is -0.381 e. The van der Waals surface area contributed by atoms with Crippen LogP contribution < -0.4 is 0 Å². The summed E-state index contributed by atoms with van der Waals surface area (Å²) in [5.74, 6) is 0.267. The van der Waals surface area contributed by atoms with Gasteiger partial charge in [-0.1, -0.05) is 36.4 Å². The first-order valence-electron chi connectivity index (χ1n) is 11.7. The fourth-order valence-electron chi connectivity index (χ4n) is 5.06. The first kappa shape index (κ1) is 23.0. The number of likely N-dealkylation sites (tertiary alicyclic amines) is 1. The Morgan fingerprint density at radius 2 is 1.69 bits per heavy atom. The molecule has 4 nitrogen and oxygen atoms in total. The molecule has 3 heterocycles. The third-order valence-corrected chi connectivity index (χ3v) is 7.13. The molecule has 32 heavy (non-hydrogen) atoms. The van der Waals surface area contributed by atoms with Gasteiger partial charge >= 0.3 is 0 Å². The molecule has 1 aromatic heterocycles. The van der Waals surface area contributed by atoms with E-state index >= 15 is 0 Å². The SMILES string of the molecule is C[C@@H]1CCCN1CCc1ccc(-c2ccc3cn(C(=O)C4CCOCC4)cc3c2)cc1.Cl. The lowest BCUT2D eigenvalue weighted by molar-refractivity contribution is 0.0487. The van der Waals surface area contributed by atoms with Gasteiger partial charge in [-0.15, -0.1) is 12.4 Å². The van der Waals surface area contributed by atoms with E-state index in [2.05, 4.69) is 54.3 Å². The van der Waals surface area contributed by atoms with Crippen molar-refractivity contribution in [3.8, 4) is 11.1 Å². The zero-order chi connectivity index (χ0) is 21.2. The average Bonchev–Trinajstić information content (AvgIpc) is 3.43. The first-order valence-corrected chi connectivity index (χ1v) is 11.7. The number of carbonyl (C=O) groups is 1. The first-order chi connectivity index (χ1) is 15.2. The molecule has 5 heteroatoms. The Morgan fingerprint density at radius 1 is 0.969 bits per heavy atom. The Kier molecular flexibility index (Phi) is 7.34. The van der Waals surface area contributed by atoms with Crippen LogP contribution in [0.15, 0.2) is 54.9 Å². The van der Waals surface area contributed by atoms with Crippen molar-refractivity contribution in [2.24, 2.45) is 5.92 Å². The van der Waals surface area contributed by atoms with Gasteiger partial charge in [0.1, 0.15) is 0 Å². The minimum absolute atomic E-state index is 0. The predicted molar refractivity (Wildman–Crippen MR) is 133 cm³/mol. The summed E-state index contributed by atoms with van der Waals surface area (Å²) in [6.45, 7) is 6.12. The number of hydrogen-bond acceptors (Lipinski definition) is 3. The second kappa shape index (κ2) is 10.2. The van der Waals surface area contributed by atoms with Crippen molar-refractivity contribution in [2.75, 3.05) is 26.3 Å². The van der Waals surface area contributed by atoms with Crippen LogP contribution in [-0.2, 0) is 11.2 Å². The molecule has 2 fully saturated rings. The summed E-state index contributed by atoms with van der Waals surface area (Å²) in [7, 11) is 0. The summed E-state index contributed by atoms with van der Waals surface area (Å²) in [4.78, 5) is 15.4. The molecular formula is C27H33ClN2O2. The Bertz CT molecular complexity index is 1050. The summed E-state index contributed by atoms with van der Waals surface area (Å²) in [5.41, 5.74) is 3.82.